The fourth-order valence-corrected chi connectivity index (χ4v) is 4.70. The first-order valence-electron chi connectivity index (χ1n) is 9.84. The molecular formula is C22H22N2O5S. The van der Waals surface area contributed by atoms with Gasteiger partial charge in [0.15, 0.2) is 0 Å². The smallest absolute Gasteiger partial charge is 0.337 e. The molecule has 1 fully saturated rings. The average Bonchev–Trinajstić information content (AvgIpc) is 3.28. The number of nitrogens with zero attached hydrogens (tertiary/aromatic N) is 1. The van der Waals surface area contributed by atoms with Gasteiger partial charge in [-0.3, -0.25) is 14.9 Å². The van der Waals surface area contributed by atoms with Gasteiger partial charge in [0, 0.05) is 13.1 Å². The summed E-state index contributed by atoms with van der Waals surface area (Å²) in [7, 11) is 0. The van der Waals surface area contributed by atoms with E-state index in [1.54, 1.807) is 12.1 Å². The van der Waals surface area contributed by atoms with E-state index in [-0.39, 0.29) is 16.4 Å². The molecule has 30 heavy (non-hydrogen) atoms. The predicted molar refractivity (Wildman–Crippen MR) is 114 cm³/mol. The summed E-state index contributed by atoms with van der Waals surface area (Å²) < 4.78 is 5.81. The predicted octanol–water partition coefficient (Wildman–Crippen LogP) is 3.11. The highest BCUT2D eigenvalue weighted by Gasteiger charge is 2.31. The van der Waals surface area contributed by atoms with Gasteiger partial charge in [-0.2, -0.15) is 0 Å². The molecule has 2 aromatic carbocycles. The van der Waals surface area contributed by atoms with Crippen molar-refractivity contribution >= 4 is 34.6 Å². The van der Waals surface area contributed by atoms with Crippen LogP contribution in [0.25, 0.3) is 0 Å². The topological polar surface area (TPSA) is 95.9 Å². The molecule has 0 saturated carbocycles. The number of imide groups is 1. The number of anilines is 1. The van der Waals surface area contributed by atoms with Crippen LogP contribution in [0.15, 0.2) is 42.5 Å². The average molecular weight is 426 g/mol. The SMILES string of the molecule is O=C1NC(=O)C(Cc2ccc(OCCCN3CCc4cccc(C(=O)O)c43)cc2)S1. The molecule has 0 aromatic heterocycles. The lowest BCUT2D eigenvalue weighted by atomic mass is 10.1. The van der Waals surface area contributed by atoms with Gasteiger partial charge in [0.25, 0.3) is 5.24 Å². The summed E-state index contributed by atoms with van der Waals surface area (Å²) in [5.74, 6) is -0.390. The minimum atomic E-state index is -0.895. The molecular weight excluding hydrogens is 404 g/mol. The molecule has 0 radical (unpaired) electrons. The molecule has 2 amide bonds. The van der Waals surface area contributed by atoms with Gasteiger partial charge in [0.2, 0.25) is 5.91 Å². The highest BCUT2D eigenvalue weighted by atomic mass is 32.2. The molecule has 4 rings (SSSR count). The number of nitrogens with one attached hydrogen (secondary N) is 1. The van der Waals surface area contributed by atoms with Crippen LogP contribution in [0.5, 0.6) is 5.75 Å². The Bertz CT molecular complexity index is 976. The van der Waals surface area contributed by atoms with Crippen molar-refractivity contribution in [1.29, 1.82) is 0 Å². The second kappa shape index (κ2) is 8.79. The Kier molecular flexibility index (Phi) is 5.94. The van der Waals surface area contributed by atoms with E-state index in [1.165, 1.54) is 0 Å². The van der Waals surface area contributed by atoms with Crippen LogP contribution in [0.2, 0.25) is 0 Å². The van der Waals surface area contributed by atoms with Crippen molar-refractivity contribution in [2.45, 2.75) is 24.5 Å². The molecule has 2 aliphatic rings. The van der Waals surface area contributed by atoms with Crippen LogP contribution in [0.4, 0.5) is 10.5 Å². The Hall–Kier alpha value is -3.00. The first-order valence-corrected chi connectivity index (χ1v) is 10.7. The molecule has 2 aliphatic heterocycles. The number of rotatable bonds is 8. The molecule has 2 aromatic rings. The number of ether oxygens (including phenoxy) is 1. The van der Waals surface area contributed by atoms with Crippen LogP contribution < -0.4 is 15.0 Å². The summed E-state index contributed by atoms with van der Waals surface area (Å²) in [5, 5.41) is 11.1. The highest BCUT2D eigenvalue weighted by Crippen LogP contribution is 2.32. The third kappa shape index (κ3) is 4.43. The van der Waals surface area contributed by atoms with Crippen LogP contribution in [0, 0.1) is 0 Å². The van der Waals surface area contributed by atoms with Crippen LogP contribution in [0.1, 0.15) is 27.9 Å². The van der Waals surface area contributed by atoms with E-state index in [0.717, 1.165) is 60.3 Å². The first-order chi connectivity index (χ1) is 14.5. The fourth-order valence-electron chi connectivity index (χ4n) is 3.84. The lowest BCUT2D eigenvalue weighted by Gasteiger charge is -2.21. The number of carboxylic acid groups (broad SMARTS) is 1. The van der Waals surface area contributed by atoms with Crippen molar-refractivity contribution in [3.63, 3.8) is 0 Å². The molecule has 0 spiro atoms. The molecule has 1 saturated heterocycles. The number of hydrogen-bond acceptors (Lipinski definition) is 6. The summed E-state index contributed by atoms with van der Waals surface area (Å²) in [5.41, 5.74) is 3.25. The zero-order chi connectivity index (χ0) is 21.1. The number of amides is 2. The molecule has 1 atom stereocenters. The van der Waals surface area contributed by atoms with Gasteiger partial charge in [-0.1, -0.05) is 36.0 Å². The number of carbonyl (C=O) groups is 3. The maximum absolute atomic E-state index is 11.7. The maximum Gasteiger partial charge on any atom is 0.337 e. The molecule has 1 unspecified atom stereocenters. The zero-order valence-corrected chi connectivity index (χ0v) is 17.1. The Morgan fingerprint density at radius 3 is 2.70 bits per heavy atom. The third-order valence-electron chi connectivity index (χ3n) is 5.27. The molecule has 156 valence electrons. The molecule has 2 heterocycles. The van der Waals surface area contributed by atoms with E-state index in [9.17, 15) is 19.5 Å². The lowest BCUT2D eigenvalue weighted by Crippen LogP contribution is -2.25. The van der Waals surface area contributed by atoms with Gasteiger partial charge < -0.3 is 14.7 Å². The van der Waals surface area contributed by atoms with Gasteiger partial charge in [-0.25, -0.2) is 4.79 Å². The van der Waals surface area contributed by atoms with E-state index in [4.69, 9.17) is 4.74 Å². The first kappa shape index (κ1) is 20.3. The van der Waals surface area contributed by atoms with Crippen LogP contribution >= 0.6 is 11.8 Å². The summed E-state index contributed by atoms with van der Waals surface area (Å²) in [4.78, 5) is 36.5. The summed E-state index contributed by atoms with van der Waals surface area (Å²) in [6.45, 7) is 2.08. The number of aromatic carboxylic acids is 1. The number of thioether (sulfide) groups is 1. The fraction of sp³-hybridized carbons (Fsp3) is 0.318. The second-order valence-corrected chi connectivity index (χ2v) is 8.46. The van der Waals surface area contributed by atoms with Crippen LogP contribution in [0.3, 0.4) is 0 Å². The summed E-state index contributed by atoms with van der Waals surface area (Å²) >= 11 is 1.03. The van der Waals surface area contributed by atoms with Gasteiger partial charge in [-0.15, -0.1) is 0 Å². The van der Waals surface area contributed by atoms with Crippen LogP contribution in [-0.2, 0) is 17.6 Å². The number of benzene rings is 2. The van der Waals surface area contributed by atoms with Crippen molar-refractivity contribution in [1.82, 2.24) is 5.32 Å². The number of fused-ring (bicyclic) bond motifs is 1. The minimum absolute atomic E-state index is 0.236. The number of hydrogen-bond donors (Lipinski definition) is 2. The Morgan fingerprint density at radius 1 is 1.20 bits per heavy atom. The van der Waals surface area contributed by atoms with Crippen molar-refractivity contribution in [3.8, 4) is 5.75 Å². The largest absolute Gasteiger partial charge is 0.494 e. The van der Waals surface area contributed by atoms with Gasteiger partial charge in [-0.05, 0) is 48.6 Å². The number of para-hydroxylation sites is 1. The second-order valence-electron chi connectivity index (χ2n) is 7.29. The number of carboxylic acids is 1. The normalized spacial score (nSPS) is 17.7. The molecule has 8 heteroatoms. The van der Waals surface area contributed by atoms with Crippen molar-refractivity contribution in [3.05, 3.63) is 59.2 Å². The van der Waals surface area contributed by atoms with E-state index >= 15 is 0 Å². The van der Waals surface area contributed by atoms with E-state index in [0.29, 0.717) is 18.6 Å². The minimum Gasteiger partial charge on any atom is -0.494 e. The molecule has 7 nitrogen and oxygen atoms in total. The Labute approximate surface area is 178 Å². The monoisotopic (exact) mass is 426 g/mol. The van der Waals surface area contributed by atoms with E-state index in [1.807, 2.05) is 30.3 Å². The standard InChI is InChI=1S/C22H22N2O5S/c25-20-18(30-22(28)23-20)13-14-5-7-16(8-6-14)29-12-2-10-24-11-9-15-3-1-4-17(19(15)24)21(26)27/h1,3-8,18H,2,9-13H2,(H,26,27)(H,23,25,28). The molecule has 2 N–H and O–H groups in total. The van der Waals surface area contributed by atoms with E-state index < -0.39 is 5.97 Å². The quantitative estimate of drug-likeness (QED) is 0.626. The lowest BCUT2D eigenvalue weighted by molar-refractivity contribution is -0.118. The van der Waals surface area contributed by atoms with Crippen molar-refractivity contribution < 1.29 is 24.2 Å². The number of carbonyl (C=O) groups excluding carboxylic acids is 2. The zero-order valence-electron chi connectivity index (χ0n) is 16.3. The summed E-state index contributed by atoms with van der Waals surface area (Å²) in [6.07, 6.45) is 2.14. The molecule has 0 aliphatic carbocycles. The van der Waals surface area contributed by atoms with Crippen molar-refractivity contribution in [2.24, 2.45) is 0 Å². The van der Waals surface area contributed by atoms with Crippen molar-refractivity contribution in [2.75, 3.05) is 24.6 Å². The van der Waals surface area contributed by atoms with Gasteiger partial charge in [0.1, 0.15) is 5.75 Å². The highest BCUT2D eigenvalue weighted by molar-refractivity contribution is 8.15. The van der Waals surface area contributed by atoms with Crippen LogP contribution in [-0.4, -0.2) is 47.2 Å². The third-order valence-corrected chi connectivity index (χ3v) is 6.25. The van der Waals surface area contributed by atoms with Gasteiger partial charge >= 0.3 is 5.97 Å². The van der Waals surface area contributed by atoms with Gasteiger partial charge in [0.05, 0.1) is 23.1 Å². The molecule has 0 bridgehead atoms. The Balaban J connectivity index is 1.26. The maximum atomic E-state index is 11.7. The Morgan fingerprint density at radius 2 is 2.00 bits per heavy atom. The summed E-state index contributed by atoms with van der Waals surface area (Å²) in [6, 6.07) is 13.0. The van der Waals surface area contributed by atoms with E-state index in [2.05, 4.69) is 10.2 Å².